The van der Waals surface area contributed by atoms with Crippen LogP contribution in [0.1, 0.15) is 31.9 Å². The number of hydrogen-bond donors (Lipinski definition) is 0. The van der Waals surface area contributed by atoms with Crippen molar-refractivity contribution in [3.63, 3.8) is 0 Å². The monoisotopic (exact) mass is 222 g/mol. The highest BCUT2D eigenvalue weighted by molar-refractivity contribution is 5.21. The first-order valence-electron chi connectivity index (χ1n) is 5.99. The summed E-state index contributed by atoms with van der Waals surface area (Å²) in [4.78, 5) is 0. The third-order valence-corrected chi connectivity index (χ3v) is 2.38. The van der Waals surface area contributed by atoms with Gasteiger partial charge in [0.05, 0.1) is 25.9 Å². The maximum Gasteiger partial charge on any atom is 0.0718 e. The molecule has 1 aromatic rings. The molecule has 0 saturated heterocycles. The second-order valence-electron chi connectivity index (χ2n) is 4.14. The maximum atomic E-state index is 5.52. The van der Waals surface area contributed by atoms with Gasteiger partial charge in [-0.2, -0.15) is 0 Å². The SMILES string of the molecule is CCc1ccc(COCCOC(C)C)cc1. The number of benzene rings is 1. The van der Waals surface area contributed by atoms with Gasteiger partial charge in [-0.15, -0.1) is 0 Å². The molecule has 0 fully saturated rings. The zero-order valence-electron chi connectivity index (χ0n) is 10.5. The van der Waals surface area contributed by atoms with E-state index in [1.165, 1.54) is 11.1 Å². The molecule has 0 amide bonds. The van der Waals surface area contributed by atoms with Crippen molar-refractivity contribution in [1.82, 2.24) is 0 Å². The van der Waals surface area contributed by atoms with E-state index in [1.807, 2.05) is 13.8 Å². The molecule has 0 radical (unpaired) electrons. The highest BCUT2D eigenvalue weighted by atomic mass is 16.5. The lowest BCUT2D eigenvalue weighted by Gasteiger charge is -2.08. The van der Waals surface area contributed by atoms with E-state index in [9.17, 15) is 0 Å². The molecule has 90 valence electrons. The average Bonchev–Trinajstić information content (AvgIpc) is 2.29. The molecule has 1 aromatic carbocycles. The molecule has 0 aliphatic heterocycles. The Morgan fingerprint density at radius 2 is 1.62 bits per heavy atom. The van der Waals surface area contributed by atoms with Crippen molar-refractivity contribution in [2.24, 2.45) is 0 Å². The van der Waals surface area contributed by atoms with E-state index in [-0.39, 0.29) is 6.10 Å². The fourth-order valence-electron chi connectivity index (χ4n) is 1.40. The van der Waals surface area contributed by atoms with E-state index < -0.39 is 0 Å². The molecule has 0 aliphatic carbocycles. The summed E-state index contributed by atoms with van der Waals surface area (Å²) >= 11 is 0. The van der Waals surface area contributed by atoms with Gasteiger partial charge >= 0.3 is 0 Å². The van der Waals surface area contributed by atoms with Crippen LogP contribution in [0.25, 0.3) is 0 Å². The summed E-state index contributed by atoms with van der Waals surface area (Å²) in [6.07, 6.45) is 1.37. The Labute approximate surface area is 98.6 Å². The van der Waals surface area contributed by atoms with Crippen LogP contribution in [0.2, 0.25) is 0 Å². The van der Waals surface area contributed by atoms with E-state index in [0.29, 0.717) is 19.8 Å². The molecule has 16 heavy (non-hydrogen) atoms. The second-order valence-corrected chi connectivity index (χ2v) is 4.14. The summed E-state index contributed by atoms with van der Waals surface area (Å²) < 4.78 is 10.9. The first-order valence-corrected chi connectivity index (χ1v) is 5.99. The van der Waals surface area contributed by atoms with E-state index in [1.54, 1.807) is 0 Å². The van der Waals surface area contributed by atoms with Gasteiger partial charge in [-0.3, -0.25) is 0 Å². The minimum atomic E-state index is 0.285. The number of ether oxygens (including phenoxy) is 2. The Morgan fingerprint density at radius 3 is 2.19 bits per heavy atom. The lowest BCUT2D eigenvalue weighted by molar-refractivity contribution is 0.0143. The summed E-state index contributed by atoms with van der Waals surface area (Å²) in [7, 11) is 0. The zero-order valence-corrected chi connectivity index (χ0v) is 10.5. The van der Waals surface area contributed by atoms with Crippen molar-refractivity contribution in [3.8, 4) is 0 Å². The smallest absolute Gasteiger partial charge is 0.0718 e. The molecule has 2 nitrogen and oxygen atoms in total. The Bertz CT molecular complexity index is 277. The normalized spacial score (nSPS) is 11.0. The quantitative estimate of drug-likeness (QED) is 0.660. The van der Waals surface area contributed by atoms with Crippen LogP contribution in [0.5, 0.6) is 0 Å². The minimum Gasteiger partial charge on any atom is -0.376 e. The molecular weight excluding hydrogens is 200 g/mol. The molecule has 0 bridgehead atoms. The number of hydrogen-bond acceptors (Lipinski definition) is 2. The summed E-state index contributed by atoms with van der Waals surface area (Å²) in [5.41, 5.74) is 2.59. The van der Waals surface area contributed by atoms with Crippen LogP contribution in [0.15, 0.2) is 24.3 Å². The molecule has 0 aromatic heterocycles. The molecule has 0 spiro atoms. The molecular formula is C14H22O2. The van der Waals surface area contributed by atoms with Crippen molar-refractivity contribution in [2.75, 3.05) is 13.2 Å². The van der Waals surface area contributed by atoms with Gasteiger partial charge in [0.15, 0.2) is 0 Å². The van der Waals surface area contributed by atoms with Crippen molar-refractivity contribution in [1.29, 1.82) is 0 Å². The van der Waals surface area contributed by atoms with E-state index in [0.717, 1.165) is 6.42 Å². The van der Waals surface area contributed by atoms with Crippen molar-refractivity contribution in [3.05, 3.63) is 35.4 Å². The predicted octanol–water partition coefficient (Wildman–Crippen LogP) is 3.19. The molecule has 0 aliphatic rings. The second kappa shape index (κ2) is 7.42. The molecule has 0 atom stereocenters. The van der Waals surface area contributed by atoms with Gasteiger partial charge in [-0.1, -0.05) is 31.2 Å². The summed E-state index contributed by atoms with van der Waals surface area (Å²) in [6, 6.07) is 8.57. The van der Waals surface area contributed by atoms with E-state index in [4.69, 9.17) is 9.47 Å². The van der Waals surface area contributed by atoms with E-state index >= 15 is 0 Å². The summed E-state index contributed by atoms with van der Waals surface area (Å²) in [5, 5.41) is 0. The van der Waals surface area contributed by atoms with Crippen LogP contribution in [-0.2, 0) is 22.5 Å². The lowest BCUT2D eigenvalue weighted by atomic mass is 10.1. The largest absolute Gasteiger partial charge is 0.376 e. The number of aryl methyl sites for hydroxylation is 1. The molecule has 0 saturated carbocycles. The van der Waals surface area contributed by atoms with Crippen LogP contribution in [0.4, 0.5) is 0 Å². The van der Waals surface area contributed by atoms with Crippen LogP contribution in [0, 0.1) is 0 Å². The Hall–Kier alpha value is -0.860. The standard InChI is InChI=1S/C14H22O2/c1-4-13-5-7-14(8-6-13)11-15-9-10-16-12(2)3/h5-8,12H,4,9-11H2,1-3H3. The molecule has 0 unspecified atom stereocenters. The average molecular weight is 222 g/mol. The first-order chi connectivity index (χ1) is 7.72. The highest BCUT2D eigenvalue weighted by Gasteiger charge is 1.95. The van der Waals surface area contributed by atoms with Crippen LogP contribution in [0.3, 0.4) is 0 Å². The van der Waals surface area contributed by atoms with E-state index in [2.05, 4.69) is 31.2 Å². The summed E-state index contributed by atoms with van der Waals surface area (Å²) in [6.45, 7) is 8.23. The fraction of sp³-hybridized carbons (Fsp3) is 0.571. The maximum absolute atomic E-state index is 5.52. The summed E-state index contributed by atoms with van der Waals surface area (Å²) in [5.74, 6) is 0. The number of rotatable bonds is 7. The molecule has 2 heteroatoms. The van der Waals surface area contributed by atoms with Gasteiger partial charge < -0.3 is 9.47 Å². The van der Waals surface area contributed by atoms with Crippen molar-refractivity contribution >= 4 is 0 Å². The van der Waals surface area contributed by atoms with Crippen LogP contribution < -0.4 is 0 Å². The highest BCUT2D eigenvalue weighted by Crippen LogP contribution is 2.06. The van der Waals surface area contributed by atoms with Gasteiger partial charge in [0.2, 0.25) is 0 Å². The van der Waals surface area contributed by atoms with Gasteiger partial charge in [0, 0.05) is 0 Å². The Balaban J connectivity index is 2.16. The minimum absolute atomic E-state index is 0.285. The first kappa shape index (κ1) is 13.2. The van der Waals surface area contributed by atoms with Crippen molar-refractivity contribution in [2.45, 2.75) is 39.9 Å². The molecule has 1 rings (SSSR count). The third kappa shape index (κ3) is 5.29. The van der Waals surface area contributed by atoms with Crippen LogP contribution in [-0.4, -0.2) is 19.3 Å². The van der Waals surface area contributed by atoms with Gasteiger partial charge in [-0.05, 0) is 31.4 Å². The topological polar surface area (TPSA) is 18.5 Å². The Kier molecular flexibility index (Phi) is 6.12. The van der Waals surface area contributed by atoms with Gasteiger partial charge in [-0.25, -0.2) is 0 Å². The lowest BCUT2D eigenvalue weighted by Crippen LogP contribution is -2.09. The van der Waals surface area contributed by atoms with Crippen molar-refractivity contribution < 1.29 is 9.47 Å². The molecule has 0 N–H and O–H groups in total. The van der Waals surface area contributed by atoms with Gasteiger partial charge in [0.1, 0.15) is 0 Å². The molecule has 0 heterocycles. The third-order valence-electron chi connectivity index (χ3n) is 2.38. The zero-order chi connectivity index (χ0) is 11.8. The fourth-order valence-corrected chi connectivity index (χ4v) is 1.40. The Morgan fingerprint density at radius 1 is 1.00 bits per heavy atom. The predicted molar refractivity (Wildman–Crippen MR) is 66.6 cm³/mol. The van der Waals surface area contributed by atoms with Crippen LogP contribution >= 0.6 is 0 Å². The van der Waals surface area contributed by atoms with Gasteiger partial charge in [0.25, 0.3) is 0 Å².